The van der Waals surface area contributed by atoms with E-state index in [0.717, 1.165) is 19.4 Å². The molecule has 0 radical (unpaired) electrons. The Morgan fingerprint density at radius 3 is 2.88 bits per heavy atom. The first-order chi connectivity index (χ1) is 8.14. The fourth-order valence-corrected chi connectivity index (χ4v) is 4.04. The van der Waals surface area contributed by atoms with E-state index < -0.39 is 0 Å². The molecule has 0 saturated carbocycles. The minimum atomic E-state index is -0.0105. The number of hydrogen-bond acceptors (Lipinski definition) is 3. The van der Waals surface area contributed by atoms with Gasteiger partial charge >= 0.3 is 0 Å². The summed E-state index contributed by atoms with van der Waals surface area (Å²) >= 11 is 5.34. The molecule has 2 atom stereocenters. The molecule has 2 rings (SSSR count). The van der Waals surface area contributed by atoms with E-state index in [-0.39, 0.29) is 5.60 Å². The normalized spacial score (nSPS) is 27.0. The molecule has 1 saturated heterocycles. The third kappa shape index (κ3) is 3.31. The molecule has 17 heavy (non-hydrogen) atoms. The predicted octanol–water partition coefficient (Wildman–Crippen LogP) is 3.60. The van der Waals surface area contributed by atoms with Crippen molar-refractivity contribution in [2.24, 2.45) is 0 Å². The average molecular weight is 318 g/mol. The molecule has 1 fully saturated rings. The molecule has 0 amide bonds. The van der Waals surface area contributed by atoms with Crippen LogP contribution < -0.4 is 5.32 Å². The zero-order valence-corrected chi connectivity index (χ0v) is 12.9. The van der Waals surface area contributed by atoms with Gasteiger partial charge < -0.3 is 10.1 Å². The first-order valence-electron chi connectivity index (χ1n) is 6.19. The second-order valence-corrected chi connectivity index (χ2v) is 7.42. The van der Waals surface area contributed by atoms with Gasteiger partial charge in [-0.3, -0.25) is 0 Å². The van der Waals surface area contributed by atoms with Gasteiger partial charge in [0.25, 0.3) is 0 Å². The fourth-order valence-electron chi connectivity index (χ4n) is 2.52. The van der Waals surface area contributed by atoms with Crippen LogP contribution in [0.25, 0.3) is 0 Å². The first kappa shape index (κ1) is 13.5. The van der Waals surface area contributed by atoms with Crippen molar-refractivity contribution in [3.8, 4) is 0 Å². The highest BCUT2D eigenvalue weighted by Crippen LogP contribution is 2.31. The second-order valence-electron chi connectivity index (χ2n) is 4.87. The van der Waals surface area contributed by atoms with E-state index in [2.05, 4.69) is 40.3 Å². The summed E-state index contributed by atoms with van der Waals surface area (Å²) in [5.74, 6) is 0. The number of halogens is 1. The highest BCUT2D eigenvalue weighted by atomic mass is 79.9. The van der Waals surface area contributed by atoms with E-state index >= 15 is 0 Å². The third-order valence-corrected chi connectivity index (χ3v) is 5.27. The van der Waals surface area contributed by atoms with Crippen LogP contribution >= 0.6 is 27.3 Å². The first-order valence-corrected chi connectivity index (χ1v) is 7.80. The third-order valence-electron chi connectivity index (χ3n) is 3.62. The van der Waals surface area contributed by atoms with Gasteiger partial charge in [-0.05, 0) is 67.7 Å². The maximum Gasteiger partial charge on any atom is 0.0810 e. The van der Waals surface area contributed by atoms with Crippen molar-refractivity contribution in [3.05, 3.63) is 20.8 Å². The largest absolute Gasteiger partial charge is 0.374 e. The Balaban J connectivity index is 2.05. The van der Waals surface area contributed by atoms with Crippen molar-refractivity contribution in [2.45, 2.75) is 44.2 Å². The van der Waals surface area contributed by atoms with Gasteiger partial charge in [0.2, 0.25) is 0 Å². The Hall–Kier alpha value is 0.1000. The number of rotatable bonds is 4. The van der Waals surface area contributed by atoms with Crippen LogP contribution in [0.3, 0.4) is 0 Å². The molecule has 1 aliphatic heterocycles. The van der Waals surface area contributed by atoms with Crippen molar-refractivity contribution >= 4 is 27.3 Å². The van der Waals surface area contributed by atoms with Crippen LogP contribution in [0.2, 0.25) is 0 Å². The summed E-state index contributed by atoms with van der Waals surface area (Å²) in [6.07, 6.45) is 4.69. The van der Waals surface area contributed by atoms with Crippen LogP contribution in [-0.2, 0) is 11.2 Å². The van der Waals surface area contributed by atoms with Gasteiger partial charge in [-0.1, -0.05) is 0 Å². The number of nitrogens with one attached hydrogen (secondary N) is 1. The lowest BCUT2D eigenvalue weighted by molar-refractivity contribution is -0.0869. The second kappa shape index (κ2) is 5.83. The van der Waals surface area contributed by atoms with Gasteiger partial charge in [-0.2, -0.15) is 0 Å². The molecular formula is C13H20BrNOS. The molecule has 4 heteroatoms. The topological polar surface area (TPSA) is 21.3 Å². The van der Waals surface area contributed by atoms with Gasteiger partial charge in [-0.25, -0.2) is 0 Å². The van der Waals surface area contributed by atoms with Crippen LogP contribution in [0.1, 0.15) is 31.1 Å². The fraction of sp³-hybridized carbons (Fsp3) is 0.692. The van der Waals surface area contributed by atoms with Crippen LogP contribution in [0.15, 0.2) is 15.9 Å². The van der Waals surface area contributed by atoms with Crippen LogP contribution in [0.4, 0.5) is 0 Å². The summed E-state index contributed by atoms with van der Waals surface area (Å²) in [5, 5.41) is 3.44. The zero-order valence-electron chi connectivity index (χ0n) is 10.5. The van der Waals surface area contributed by atoms with Gasteiger partial charge in [0.05, 0.1) is 9.39 Å². The summed E-state index contributed by atoms with van der Waals surface area (Å²) in [4.78, 5) is 1.41. The van der Waals surface area contributed by atoms with E-state index in [1.165, 1.54) is 21.5 Å². The van der Waals surface area contributed by atoms with E-state index in [9.17, 15) is 0 Å². The molecule has 1 N–H and O–H groups in total. The van der Waals surface area contributed by atoms with Gasteiger partial charge in [0, 0.05) is 17.5 Å². The van der Waals surface area contributed by atoms with Crippen LogP contribution in [0, 0.1) is 0 Å². The molecule has 2 nitrogen and oxygen atoms in total. The Bertz CT molecular complexity index is 360. The van der Waals surface area contributed by atoms with Gasteiger partial charge in [0.1, 0.15) is 0 Å². The van der Waals surface area contributed by atoms with Crippen LogP contribution in [-0.4, -0.2) is 25.3 Å². The molecule has 0 spiro atoms. The van der Waals surface area contributed by atoms with Gasteiger partial charge in [-0.15, -0.1) is 11.3 Å². The smallest absolute Gasteiger partial charge is 0.0810 e. The van der Waals surface area contributed by atoms with Crippen molar-refractivity contribution in [2.75, 3.05) is 13.7 Å². The molecule has 2 heterocycles. The molecule has 1 aliphatic rings. The summed E-state index contributed by atoms with van der Waals surface area (Å²) in [6, 6.07) is 4.72. The monoisotopic (exact) mass is 317 g/mol. The SMILES string of the molecule is CNC(Cc1ccc(Br)s1)C1(C)CCCCO1. The lowest BCUT2D eigenvalue weighted by atomic mass is 9.86. The van der Waals surface area contributed by atoms with E-state index in [0.29, 0.717) is 6.04 Å². The maximum absolute atomic E-state index is 6.03. The van der Waals surface area contributed by atoms with Crippen molar-refractivity contribution in [3.63, 3.8) is 0 Å². The summed E-state index contributed by atoms with van der Waals surface area (Å²) < 4.78 is 7.23. The quantitative estimate of drug-likeness (QED) is 0.916. The molecule has 0 bridgehead atoms. The van der Waals surface area contributed by atoms with Crippen molar-refractivity contribution in [1.82, 2.24) is 5.32 Å². The minimum absolute atomic E-state index is 0.0105. The highest BCUT2D eigenvalue weighted by Gasteiger charge is 2.36. The number of ether oxygens (including phenoxy) is 1. The Morgan fingerprint density at radius 2 is 2.35 bits per heavy atom. The Kier molecular flexibility index (Phi) is 4.64. The summed E-state index contributed by atoms with van der Waals surface area (Å²) in [5.41, 5.74) is -0.0105. The molecule has 2 unspecified atom stereocenters. The molecule has 0 aliphatic carbocycles. The lowest BCUT2D eigenvalue weighted by Gasteiger charge is -2.40. The predicted molar refractivity (Wildman–Crippen MR) is 76.8 cm³/mol. The van der Waals surface area contributed by atoms with Crippen LogP contribution in [0.5, 0.6) is 0 Å². The molecule has 96 valence electrons. The molecule has 1 aromatic rings. The van der Waals surface area contributed by atoms with Gasteiger partial charge in [0.15, 0.2) is 0 Å². The Labute approximate surface area is 116 Å². The summed E-state index contributed by atoms with van der Waals surface area (Å²) in [7, 11) is 2.04. The summed E-state index contributed by atoms with van der Waals surface area (Å²) in [6.45, 7) is 3.15. The maximum atomic E-state index is 6.03. The number of hydrogen-bond donors (Lipinski definition) is 1. The van der Waals surface area contributed by atoms with Crippen molar-refractivity contribution < 1.29 is 4.74 Å². The zero-order chi connectivity index (χ0) is 12.3. The minimum Gasteiger partial charge on any atom is -0.374 e. The standard InChI is InChI=1S/C13H20BrNOS/c1-13(7-3-4-8-16-13)11(15-2)9-10-5-6-12(14)17-10/h5-6,11,15H,3-4,7-9H2,1-2H3. The number of likely N-dealkylation sites (N-methyl/N-ethyl adjacent to an activating group) is 1. The molecular weight excluding hydrogens is 298 g/mol. The van der Waals surface area contributed by atoms with Crippen molar-refractivity contribution in [1.29, 1.82) is 0 Å². The Morgan fingerprint density at radius 1 is 1.53 bits per heavy atom. The number of thiophene rings is 1. The molecule has 0 aromatic carbocycles. The van der Waals surface area contributed by atoms with E-state index in [1.54, 1.807) is 0 Å². The average Bonchev–Trinajstić information content (AvgIpc) is 2.72. The lowest BCUT2D eigenvalue weighted by Crippen LogP contribution is -2.52. The van der Waals surface area contributed by atoms with E-state index in [1.807, 2.05) is 18.4 Å². The molecule has 1 aromatic heterocycles. The van der Waals surface area contributed by atoms with E-state index in [4.69, 9.17) is 4.74 Å². The highest BCUT2D eigenvalue weighted by molar-refractivity contribution is 9.11.